The smallest absolute Gasteiger partial charge is 0.447 e. The van der Waals surface area contributed by atoms with Gasteiger partial charge < -0.3 is 9.47 Å². The molecule has 96 valence electrons. The number of hydrogen-bond donors (Lipinski definition) is 0. The van der Waals surface area contributed by atoms with Crippen molar-refractivity contribution in [1.29, 1.82) is 0 Å². The van der Waals surface area contributed by atoms with Gasteiger partial charge in [-0.3, -0.25) is 0 Å². The maximum Gasteiger partial charge on any atom is 0.452 e. The molecule has 0 radical (unpaired) electrons. The summed E-state index contributed by atoms with van der Waals surface area (Å²) in [7, 11) is 0. The molecule has 0 aromatic heterocycles. The van der Waals surface area contributed by atoms with Crippen molar-refractivity contribution in [2.24, 2.45) is 10.2 Å². The minimum absolute atomic E-state index is 0.0717. The molecule has 1 aliphatic rings. The molecule has 0 aromatic rings. The minimum atomic E-state index is -0.846. The summed E-state index contributed by atoms with van der Waals surface area (Å²) < 4.78 is 9.68. The summed E-state index contributed by atoms with van der Waals surface area (Å²) in [4.78, 5) is 22.1. The largest absolute Gasteiger partial charge is 0.452 e. The first-order valence-corrected chi connectivity index (χ1v) is 6.01. The SMILES string of the molecule is CCCCOC(=O)N=NC(=O)OC1CCCC1. The van der Waals surface area contributed by atoms with Crippen molar-refractivity contribution in [3.63, 3.8) is 0 Å². The van der Waals surface area contributed by atoms with Crippen LogP contribution in [0.4, 0.5) is 9.59 Å². The van der Waals surface area contributed by atoms with E-state index in [1.807, 2.05) is 6.92 Å². The molecule has 1 rings (SSSR count). The van der Waals surface area contributed by atoms with Crippen molar-refractivity contribution >= 4 is 12.2 Å². The molecule has 2 amide bonds. The molecular weight excluding hydrogens is 224 g/mol. The van der Waals surface area contributed by atoms with Crippen LogP contribution in [0.2, 0.25) is 0 Å². The highest BCUT2D eigenvalue weighted by atomic mass is 16.6. The average Bonchev–Trinajstić information content (AvgIpc) is 2.79. The van der Waals surface area contributed by atoms with Crippen LogP contribution in [0.1, 0.15) is 45.4 Å². The minimum Gasteiger partial charge on any atom is -0.447 e. The fraction of sp³-hybridized carbons (Fsp3) is 0.818. The van der Waals surface area contributed by atoms with Crippen LogP contribution in [0, 0.1) is 0 Å². The van der Waals surface area contributed by atoms with Gasteiger partial charge >= 0.3 is 12.2 Å². The number of hydrogen-bond acceptors (Lipinski definition) is 4. The van der Waals surface area contributed by atoms with Gasteiger partial charge in [-0.15, -0.1) is 0 Å². The molecule has 0 aromatic carbocycles. The molecule has 1 fully saturated rings. The van der Waals surface area contributed by atoms with Crippen LogP contribution in [0.15, 0.2) is 10.2 Å². The zero-order valence-corrected chi connectivity index (χ0v) is 10.1. The van der Waals surface area contributed by atoms with E-state index < -0.39 is 12.2 Å². The number of unbranched alkanes of at least 4 members (excludes halogenated alkanes) is 1. The van der Waals surface area contributed by atoms with Gasteiger partial charge in [0.15, 0.2) is 0 Å². The molecule has 6 nitrogen and oxygen atoms in total. The van der Waals surface area contributed by atoms with Crippen LogP contribution in [-0.2, 0) is 9.47 Å². The molecule has 1 saturated carbocycles. The normalized spacial score (nSPS) is 16.3. The Labute approximate surface area is 100 Å². The van der Waals surface area contributed by atoms with Crippen LogP contribution < -0.4 is 0 Å². The summed E-state index contributed by atoms with van der Waals surface area (Å²) in [5.74, 6) is 0. The van der Waals surface area contributed by atoms with E-state index in [9.17, 15) is 9.59 Å². The lowest BCUT2D eigenvalue weighted by molar-refractivity contribution is 0.107. The fourth-order valence-corrected chi connectivity index (χ4v) is 1.59. The van der Waals surface area contributed by atoms with Gasteiger partial charge in [0.1, 0.15) is 6.10 Å². The summed E-state index contributed by atoms with van der Waals surface area (Å²) in [6.07, 6.45) is 3.82. The number of azo groups is 1. The third kappa shape index (κ3) is 5.99. The molecule has 0 aliphatic heterocycles. The Kier molecular flexibility index (Phi) is 6.21. The van der Waals surface area contributed by atoms with E-state index in [0.29, 0.717) is 6.61 Å². The fourth-order valence-electron chi connectivity index (χ4n) is 1.59. The average molecular weight is 242 g/mol. The lowest BCUT2D eigenvalue weighted by Crippen LogP contribution is -2.11. The number of amides is 2. The third-order valence-electron chi connectivity index (χ3n) is 2.51. The Balaban J connectivity index is 2.17. The first-order valence-electron chi connectivity index (χ1n) is 6.01. The third-order valence-corrected chi connectivity index (χ3v) is 2.51. The van der Waals surface area contributed by atoms with E-state index in [4.69, 9.17) is 9.47 Å². The van der Waals surface area contributed by atoms with Gasteiger partial charge in [-0.25, -0.2) is 9.59 Å². The Hall–Kier alpha value is -1.46. The quantitative estimate of drug-likeness (QED) is 0.558. The van der Waals surface area contributed by atoms with Crippen molar-refractivity contribution in [3.05, 3.63) is 0 Å². The number of ether oxygens (including phenoxy) is 2. The van der Waals surface area contributed by atoms with Gasteiger partial charge in [0, 0.05) is 0 Å². The highest BCUT2D eigenvalue weighted by Gasteiger charge is 2.19. The van der Waals surface area contributed by atoms with Crippen LogP contribution in [0.25, 0.3) is 0 Å². The zero-order chi connectivity index (χ0) is 12.5. The van der Waals surface area contributed by atoms with Crippen LogP contribution >= 0.6 is 0 Å². The molecule has 6 heteroatoms. The second kappa shape index (κ2) is 7.76. The van der Waals surface area contributed by atoms with E-state index in [0.717, 1.165) is 38.5 Å². The van der Waals surface area contributed by atoms with Gasteiger partial charge in [0.25, 0.3) is 0 Å². The van der Waals surface area contributed by atoms with E-state index in [2.05, 4.69) is 10.2 Å². The first-order chi connectivity index (χ1) is 8.22. The number of rotatable bonds is 4. The lowest BCUT2D eigenvalue weighted by Gasteiger charge is -2.06. The van der Waals surface area contributed by atoms with E-state index >= 15 is 0 Å². The van der Waals surface area contributed by atoms with E-state index in [-0.39, 0.29) is 6.10 Å². The standard InChI is InChI=1S/C11H18N2O4/c1-2-3-8-16-10(14)12-13-11(15)17-9-6-4-5-7-9/h9H,2-8H2,1H3. The Morgan fingerprint density at radius 2 is 1.82 bits per heavy atom. The molecule has 1 aliphatic carbocycles. The lowest BCUT2D eigenvalue weighted by atomic mass is 10.3. The molecule has 0 atom stereocenters. The maximum absolute atomic E-state index is 11.1. The predicted octanol–water partition coefficient (Wildman–Crippen LogP) is 3.45. The van der Waals surface area contributed by atoms with Crippen molar-refractivity contribution < 1.29 is 19.1 Å². The summed E-state index contributed by atoms with van der Waals surface area (Å²) in [5.41, 5.74) is 0. The molecule has 0 bridgehead atoms. The van der Waals surface area contributed by atoms with Gasteiger partial charge in [0.05, 0.1) is 6.61 Å². The van der Waals surface area contributed by atoms with Gasteiger partial charge in [-0.1, -0.05) is 23.6 Å². The second-order valence-corrected chi connectivity index (χ2v) is 3.96. The first kappa shape index (κ1) is 13.6. The number of carbonyl (C=O) groups is 2. The van der Waals surface area contributed by atoms with Gasteiger partial charge in [-0.2, -0.15) is 0 Å². The van der Waals surface area contributed by atoms with Crippen LogP contribution in [0.5, 0.6) is 0 Å². The number of nitrogens with zero attached hydrogens (tertiary/aromatic N) is 2. The van der Waals surface area contributed by atoms with E-state index in [1.165, 1.54) is 0 Å². The topological polar surface area (TPSA) is 77.3 Å². The van der Waals surface area contributed by atoms with Crippen molar-refractivity contribution in [3.8, 4) is 0 Å². The molecular formula is C11H18N2O4. The number of carbonyl (C=O) groups excluding carboxylic acids is 2. The second-order valence-electron chi connectivity index (χ2n) is 3.96. The Morgan fingerprint density at radius 3 is 2.47 bits per heavy atom. The molecule has 0 N–H and O–H groups in total. The molecule has 0 saturated heterocycles. The monoisotopic (exact) mass is 242 g/mol. The summed E-state index contributed by atoms with van der Waals surface area (Å²) in [5, 5.41) is 6.28. The molecule has 0 heterocycles. The molecule has 0 spiro atoms. The highest BCUT2D eigenvalue weighted by Crippen LogP contribution is 2.21. The van der Waals surface area contributed by atoms with Crippen LogP contribution in [-0.4, -0.2) is 24.9 Å². The predicted molar refractivity (Wildman–Crippen MR) is 59.8 cm³/mol. The zero-order valence-electron chi connectivity index (χ0n) is 10.1. The summed E-state index contributed by atoms with van der Waals surface area (Å²) in [6, 6.07) is 0. The maximum atomic E-state index is 11.1. The highest BCUT2D eigenvalue weighted by molar-refractivity contribution is 5.73. The van der Waals surface area contributed by atoms with E-state index in [1.54, 1.807) is 0 Å². The Bertz CT molecular complexity index is 285. The van der Waals surface area contributed by atoms with Crippen molar-refractivity contribution in [1.82, 2.24) is 0 Å². The molecule has 0 unspecified atom stereocenters. The summed E-state index contributed by atoms with van der Waals surface area (Å²) in [6.45, 7) is 2.28. The van der Waals surface area contributed by atoms with Crippen LogP contribution in [0.3, 0.4) is 0 Å². The van der Waals surface area contributed by atoms with Crippen molar-refractivity contribution in [2.75, 3.05) is 6.61 Å². The van der Waals surface area contributed by atoms with Gasteiger partial charge in [0.2, 0.25) is 0 Å². The van der Waals surface area contributed by atoms with Crippen molar-refractivity contribution in [2.45, 2.75) is 51.6 Å². The summed E-state index contributed by atoms with van der Waals surface area (Å²) >= 11 is 0. The molecule has 17 heavy (non-hydrogen) atoms. The van der Waals surface area contributed by atoms with Gasteiger partial charge in [-0.05, 0) is 32.1 Å². The Morgan fingerprint density at radius 1 is 1.18 bits per heavy atom.